The molecule has 0 radical (unpaired) electrons. The fraction of sp³-hybridized carbons (Fsp3) is 0.357. The van der Waals surface area contributed by atoms with Gasteiger partial charge in [0, 0.05) is 13.5 Å². The summed E-state index contributed by atoms with van der Waals surface area (Å²) in [7, 11) is 1.82. The van der Waals surface area contributed by atoms with Crippen LogP contribution in [0.1, 0.15) is 30.0 Å². The minimum Gasteiger partial charge on any atom is -0.388 e. The van der Waals surface area contributed by atoms with Gasteiger partial charge in [0.1, 0.15) is 0 Å². The highest BCUT2D eigenvalue weighted by Gasteiger charge is 2.18. The summed E-state index contributed by atoms with van der Waals surface area (Å²) >= 11 is 18.1. The van der Waals surface area contributed by atoms with Gasteiger partial charge in [0.2, 0.25) is 0 Å². The molecule has 3 nitrogen and oxygen atoms in total. The van der Waals surface area contributed by atoms with Crippen LogP contribution in [0, 0.1) is 0 Å². The van der Waals surface area contributed by atoms with Crippen LogP contribution in [0.15, 0.2) is 18.2 Å². The maximum atomic E-state index is 10.3. The van der Waals surface area contributed by atoms with Crippen molar-refractivity contribution in [2.45, 2.75) is 25.9 Å². The summed E-state index contributed by atoms with van der Waals surface area (Å²) in [6.07, 6.45) is 0.429. The number of hydrogen-bond donors (Lipinski definition) is 1. The van der Waals surface area contributed by atoms with Crippen molar-refractivity contribution in [3.8, 4) is 0 Å². The van der Waals surface area contributed by atoms with Gasteiger partial charge < -0.3 is 5.11 Å². The maximum Gasteiger partial charge on any atom is 0.0850 e. The molecular formula is C14H15Cl3N2O. The monoisotopic (exact) mass is 332 g/mol. The van der Waals surface area contributed by atoms with Gasteiger partial charge in [-0.05, 0) is 24.1 Å². The molecule has 108 valence electrons. The molecule has 1 unspecified atom stereocenters. The smallest absolute Gasteiger partial charge is 0.0850 e. The Morgan fingerprint density at radius 2 is 1.95 bits per heavy atom. The molecule has 0 aliphatic rings. The van der Waals surface area contributed by atoms with Crippen molar-refractivity contribution in [2.24, 2.45) is 7.05 Å². The van der Waals surface area contributed by atoms with E-state index in [1.807, 2.05) is 14.0 Å². The highest BCUT2D eigenvalue weighted by Crippen LogP contribution is 2.29. The SMILES string of the molecule is CCc1nn(C)c(CC(O)c2ccc(Cl)c(Cl)c2)c1Cl. The Labute approximate surface area is 133 Å². The van der Waals surface area contributed by atoms with Crippen molar-refractivity contribution < 1.29 is 5.11 Å². The van der Waals surface area contributed by atoms with Crippen LogP contribution in [0.2, 0.25) is 15.1 Å². The van der Waals surface area contributed by atoms with Gasteiger partial charge >= 0.3 is 0 Å². The minimum absolute atomic E-state index is 0.375. The van der Waals surface area contributed by atoms with Gasteiger partial charge in [-0.3, -0.25) is 4.68 Å². The second-order valence-corrected chi connectivity index (χ2v) is 5.77. The second-order valence-electron chi connectivity index (χ2n) is 4.58. The minimum atomic E-state index is -0.706. The first-order valence-corrected chi connectivity index (χ1v) is 7.40. The number of hydrogen-bond acceptors (Lipinski definition) is 2. The van der Waals surface area contributed by atoms with Crippen LogP contribution in [0.3, 0.4) is 0 Å². The van der Waals surface area contributed by atoms with E-state index in [0.29, 0.717) is 27.1 Å². The summed E-state index contributed by atoms with van der Waals surface area (Å²) in [6, 6.07) is 5.09. The quantitative estimate of drug-likeness (QED) is 0.909. The van der Waals surface area contributed by atoms with E-state index in [1.54, 1.807) is 22.9 Å². The molecule has 2 rings (SSSR count). The largest absolute Gasteiger partial charge is 0.388 e. The van der Waals surface area contributed by atoms with Gasteiger partial charge in [-0.15, -0.1) is 0 Å². The van der Waals surface area contributed by atoms with Crippen molar-refractivity contribution in [3.63, 3.8) is 0 Å². The van der Waals surface area contributed by atoms with Crippen molar-refractivity contribution in [2.75, 3.05) is 0 Å². The van der Waals surface area contributed by atoms with Crippen LogP contribution < -0.4 is 0 Å². The third-order valence-electron chi connectivity index (χ3n) is 3.22. The zero-order valence-electron chi connectivity index (χ0n) is 11.2. The first-order valence-electron chi connectivity index (χ1n) is 6.27. The van der Waals surface area contributed by atoms with Crippen LogP contribution in [0.4, 0.5) is 0 Å². The molecule has 2 aromatic rings. The number of nitrogens with zero attached hydrogens (tertiary/aromatic N) is 2. The van der Waals surface area contributed by atoms with Crippen LogP contribution in [0.25, 0.3) is 0 Å². The van der Waals surface area contributed by atoms with E-state index >= 15 is 0 Å². The standard InChI is InChI=1S/C14H15Cl3N2O/c1-3-11-14(17)12(19(2)18-11)7-13(20)8-4-5-9(15)10(16)6-8/h4-6,13,20H,3,7H2,1-2H3. The van der Waals surface area contributed by atoms with Gasteiger partial charge in [0.15, 0.2) is 0 Å². The number of halogens is 3. The van der Waals surface area contributed by atoms with Gasteiger partial charge in [-0.1, -0.05) is 47.8 Å². The third-order valence-corrected chi connectivity index (χ3v) is 4.39. The van der Waals surface area contributed by atoms with E-state index in [4.69, 9.17) is 34.8 Å². The molecule has 0 aliphatic carbocycles. The average Bonchev–Trinajstić information content (AvgIpc) is 2.69. The molecule has 0 spiro atoms. The van der Waals surface area contributed by atoms with E-state index < -0.39 is 6.10 Å². The molecule has 0 amide bonds. The Morgan fingerprint density at radius 1 is 1.25 bits per heavy atom. The fourth-order valence-electron chi connectivity index (χ4n) is 2.06. The molecule has 1 aromatic heterocycles. The molecule has 20 heavy (non-hydrogen) atoms. The number of aromatic nitrogens is 2. The topological polar surface area (TPSA) is 38.0 Å². The Hall–Kier alpha value is -0.740. The Balaban J connectivity index is 2.25. The van der Waals surface area contributed by atoms with E-state index in [1.165, 1.54) is 0 Å². The summed E-state index contributed by atoms with van der Waals surface area (Å²) in [5, 5.41) is 16.2. The number of rotatable bonds is 4. The molecule has 1 heterocycles. The van der Waals surface area contributed by atoms with E-state index in [2.05, 4.69) is 5.10 Å². The Kier molecular flexibility index (Phi) is 4.97. The van der Waals surface area contributed by atoms with E-state index in [-0.39, 0.29) is 0 Å². The molecular weight excluding hydrogens is 319 g/mol. The highest BCUT2D eigenvalue weighted by molar-refractivity contribution is 6.42. The third kappa shape index (κ3) is 3.12. The van der Waals surface area contributed by atoms with Crippen molar-refractivity contribution >= 4 is 34.8 Å². The van der Waals surface area contributed by atoms with Crippen molar-refractivity contribution in [3.05, 3.63) is 50.2 Å². The zero-order chi connectivity index (χ0) is 14.9. The predicted molar refractivity (Wildman–Crippen MR) is 82.7 cm³/mol. The molecule has 0 saturated carbocycles. The lowest BCUT2D eigenvalue weighted by molar-refractivity contribution is 0.176. The number of aliphatic hydroxyl groups excluding tert-OH is 1. The molecule has 1 atom stereocenters. The summed E-state index contributed by atoms with van der Waals surface area (Å²) in [5.41, 5.74) is 2.35. The first-order chi connectivity index (χ1) is 9.43. The van der Waals surface area contributed by atoms with Gasteiger partial charge in [0.05, 0.1) is 32.6 Å². The van der Waals surface area contributed by atoms with Gasteiger partial charge in [0.25, 0.3) is 0 Å². The van der Waals surface area contributed by atoms with Gasteiger partial charge in [-0.2, -0.15) is 5.10 Å². The highest BCUT2D eigenvalue weighted by atomic mass is 35.5. The molecule has 1 N–H and O–H groups in total. The molecule has 0 bridgehead atoms. The molecule has 1 aromatic carbocycles. The van der Waals surface area contributed by atoms with Gasteiger partial charge in [-0.25, -0.2) is 0 Å². The number of benzene rings is 1. The lowest BCUT2D eigenvalue weighted by Crippen LogP contribution is -2.07. The number of aryl methyl sites for hydroxylation is 2. The molecule has 0 aliphatic heterocycles. The zero-order valence-corrected chi connectivity index (χ0v) is 13.5. The summed E-state index contributed by atoms with van der Waals surface area (Å²) < 4.78 is 1.71. The fourth-order valence-corrected chi connectivity index (χ4v) is 2.74. The first kappa shape index (κ1) is 15.6. The molecule has 0 fully saturated rings. The molecule has 6 heteroatoms. The summed E-state index contributed by atoms with van der Waals surface area (Å²) in [5.74, 6) is 0. The number of aliphatic hydroxyl groups is 1. The summed E-state index contributed by atoms with van der Waals surface area (Å²) in [6.45, 7) is 1.99. The lowest BCUT2D eigenvalue weighted by atomic mass is 10.0. The van der Waals surface area contributed by atoms with Crippen LogP contribution in [-0.4, -0.2) is 14.9 Å². The average molecular weight is 334 g/mol. The van der Waals surface area contributed by atoms with E-state index in [9.17, 15) is 5.11 Å². The Bertz CT molecular complexity index is 625. The Morgan fingerprint density at radius 3 is 2.50 bits per heavy atom. The molecule has 0 saturated heterocycles. The summed E-state index contributed by atoms with van der Waals surface area (Å²) in [4.78, 5) is 0. The maximum absolute atomic E-state index is 10.3. The van der Waals surface area contributed by atoms with Crippen molar-refractivity contribution in [1.82, 2.24) is 9.78 Å². The van der Waals surface area contributed by atoms with E-state index in [0.717, 1.165) is 17.8 Å². The van der Waals surface area contributed by atoms with Crippen LogP contribution in [-0.2, 0) is 19.9 Å². The van der Waals surface area contributed by atoms with Crippen molar-refractivity contribution in [1.29, 1.82) is 0 Å². The second kappa shape index (κ2) is 6.35. The van der Waals surface area contributed by atoms with Crippen LogP contribution in [0.5, 0.6) is 0 Å². The normalized spacial score (nSPS) is 12.7. The van der Waals surface area contributed by atoms with Crippen LogP contribution >= 0.6 is 34.8 Å². The predicted octanol–water partition coefficient (Wildman–Crippen LogP) is 4.22. The lowest BCUT2D eigenvalue weighted by Gasteiger charge is -2.12.